The highest BCUT2D eigenvalue weighted by molar-refractivity contribution is 7.85. The van der Waals surface area contributed by atoms with Crippen molar-refractivity contribution in [2.75, 3.05) is 5.75 Å². The molecule has 0 spiro atoms. The van der Waals surface area contributed by atoms with Gasteiger partial charge in [0, 0.05) is 0 Å². The molecule has 0 heterocycles. The molecule has 0 bridgehead atoms. The monoisotopic (exact) mass is 302 g/mol. The maximum Gasteiger partial charge on any atom is 0.264 e. The first-order chi connectivity index (χ1) is 9.19. The first-order valence-electron chi connectivity index (χ1n) is 6.65. The van der Waals surface area contributed by atoms with Gasteiger partial charge in [-0.15, -0.1) is 0 Å². The molecular formula is C14H22O5S. The fourth-order valence-corrected chi connectivity index (χ4v) is 2.67. The van der Waals surface area contributed by atoms with Gasteiger partial charge in [-0.2, -0.15) is 8.42 Å². The van der Waals surface area contributed by atoms with Gasteiger partial charge in [0.05, 0.1) is 5.75 Å². The molecule has 1 rings (SSSR count). The topological polar surface area (TPSA) is 94.8 Å². The average Bonchev–Trinajstić information content (AvgIpc) is 2.32. The smallest absolute Gasteiger partial charge is 0.264 e. The Labute approximate surface area is 120 Å². The van der Waals surface area contributed by atoms with Gasteiger partial charge in [-0.05, 0) is 48.8 Å². The molecule has 0 saturated heterocycles. The Balaban J connectivity index is 2.48. The first kappa shape index (κ1) is 16.8. The molecule has 0 aliphatic carbocycles. The van der Waals surface area contributed by atoms with Crippen LogP contribution in [-0.4, -0.2) is 28.9 Å². The number of hydrogen-bond donors (Lipinski definition) is 3. The van der Waals surface area contributed by atoms with E-state index in [1.165, 1.54) is 12.1 Å². The zero-order valence-electron chi connectivity index (χ0n) is 11.8. The van der Waals surface area contributed by atoms with Crippen molar-refractivity contribution < 1.29 is 23.2 Å². The third-order valence-electron chi connectivity index (χ3n) is 3.63. The van der Waals surface area contributed by atoms with Crippen molar-refractivity contribution in [2.45, 2.75) is 33.1 Å². The summed E-state index contributed by atoms with van der Waals surface area (Å²) in [7, 11) is -3.88. The third-order valence-corrected chi connectivity index (χ3v) is 4.44. The van der Waals surface area contributed by atoms with Crippen molar-refractivity contribution in [3.8, 4) is 11.5 Å². The molecule has 2 unspecified atom stereocenters. The van der Waals surface area contributed by atoms with Gasteiger partial charge in [0.2, 0.25) is 0 Å². The Morgan fingerprint density at radius 1 is 1.10 bits per heavy atom. The SMILES string of the molecule is CC(CCCS(=O)(=O)O)C(C)Cc1ccc(O)c(O)c1. The van der Waals surface area contributed by atoms with Crippen molar-refractivity contribution in [2.24, 2.45) is 11.8 Å². The molecule has 0 aliphatic heterocycles. The zero-order valence-corrected chi connectivity index (χ0v) is 12.6. The van der Waals surface area contributed by atoms with Gasteiger partial charge in [0.25, 0.3) is 10.1 Å². The fourth-order valence-electron chi connectivity index (χ4n) is 2.14. The van der Waals surface area contributed by atoms with E-state index in [0.29, 0.717) is 24.7 Å². The Hall–Kier alpha value is -1.27. The molecule has 3 N–H and O–H groups in total. The predicted octanol–water partition coefficient (Wildman–Crippen LogP) is 2.58. The second-order valence-electron chi connectivity index (χ2n) is 5.41. The standard InChI is InChI=1S/C14H22O5S/c1-10(4-3-7-20(17,18)19)11(2)8-12-5-6-13(15)14(16)9-12/h5-6,9-11,15-16H,3-4,7-8H2,1-2H3,(H,17,18,19). The van der Waals surface area contributed by atoms with Gasteiger partial charge in [-0.3, -0.25) is 4.55 Å². The Morgan fingerprint density at radius 2 is 1.75 bits per heavy atom. The van der Waals surface area contributed by atoms with Crippen molar-refractivity contribution in [1.82, 2.24) is 0 Å². The number of aromatic hydroxyl groups is 2. The van der Waals surface area contributed by atoms with E-state index in [2.05, 4.69) is 6.92 Å². The van der Waals surface area contributed by atoms with E-state index in [1.807, 2.05) is 6.92 Å². The minimum absolute atomic E-state index is 0.131. The number of hydrogen-bond acceptors (Lipinski definition) is 4. The molecule has 0 aromatic heterocycles. The van der Waals surface area contributed by atoms with Gasteiger partial charge in [0.15, 0.2) is 11.5 Å². The van der Waals surface area contributed by atoms with Crippen LogP contribution in [0, 0.1) is 11.8 Å². The summed E-state index contributed by atoms with van der Waals surface area (Å²) in [6.45, 7) is 4.09. The lowest BCUT2D eigenvalue weighted by molar-refractivity contribution is 0.356. The molecule has 0 aliphatic rings. The molecule has 1 aromatic rings. The average molecular weight is 302 g/mol. The van der Waals surface area contributed by atoms with Crippen LogP contribution in [0.2, 0.25) is 0 Å². The summed E-state index contributed by atoms with van der Waals surface area (Å²) in [5.41, 5.74) is 0.925. The van der Waals surface area contributed by atoms with Crippen LogP contribution in [0.25, 0.3) is 0 Å². The van der Waals surface area contributed by atoms with E-state index in [1.54, 1.807) is 6.07 Å². The number of rotatable bonds is 7. The molecule has 5 nitrogen and oxygen atoms in total. The summed E-state index contributed by atoms with van der Waals surface area (Å²) in [4.78, 5) is 0. The predicted molar refractivity (Wildman–Crippen MR) is 77.5 cm³/mol. The molecule has 6 heteroatoms. The second-order valence-corrected chi connectivity index (χ2v) is 6.98. The lowest BCUT2D eigenvalue weighted by Gasteiger charge is -2.20. The highest BCUT2D eigenvalue weighted by Crippen LogP contribution is 2.28. The number of phenolic OH excluding ortho intramolecular Hbond substituents is 2. The molecular weight excluding hydrogens is 280 g/mol. The van der Waals surface area contributed by atoms with Crippen LogP contribution >= 0.6 is 0 Å². The van der Waals surface area contributed by atoms with Crippen molar-refractivity contribution in [1.29, 1.82) is 0 Å². The lowest BCUT2D eigenvalue weighted by Crippen LogP contribution is -2.13. The van der Waals surface area contributed by atoms with E-state index in [4.69, 9.17) is 4.55 Å². The van der Waals surface area contributed by atoms with Crippen molar-refractivity contribution in [3.05, 3.63) is 23.8 Å². The minimum atomic E-state index is -3.88. The second kappa shape index (κ2) is 6.95. The minimum Gasteiger partial charge on any atom is -0.504 e. The Kier molecular flexibility index (Phi) is 5.83. The summed E-state index contributed by atoms with van der Waals surface area (Å²) in [5.74, 6) is 0.133. The first-order valence-corrected chi connectivity index (χ1v) is 8.26. The Morgan fingerprint density at radius 3 is 2.30 bits per heavy atom. The number of phenols is 2. The molecule has 0 saturated carbocycles. The Bertz CT molecular complexity index is 538. The van der Waals surface area contributed by atoms with Crippen LogP contribution in [0.1, 0.15) is 32.3 Å². The van der Waals surface area contributed by atoms with Crippen LogP contribution in [0.5, 0.6) is 11.5 Å². The molecule has 20 heavy (non-hydrogen) atoms. The summed E-state index contributed by atoms with van der Waals surface area (Å²) < 4.78 is 30.0. The highest BCUT2D eigenvalue weighted by atomic mass is 32.2. The van der Waals surface area contributed by atoms with Crippen LogP contribution in [0.15, 0.2) is 18.2 Å². The van der Waals surface area contributed by atoms with Crippen LogP contribution < -0.4 is 0 Å². The maximum absolute atomic E-state index is 10.6. The summed E-state index contributed by atoms with van der Waals surface area (Å²) in [6.07, 6.45) is 1.89. The third kappa shape index (κ3) is 5.79. The van der Waals surface area contributed by atoms with Gasteiger partial charge in [-0.25, -0.2) is 0 Å². The molecule has 0 amide bonds. The molecule has 1 aromatic carbocycles. The van der Waals surface area contributed by atoms with E-state index in [0.717, 1.165) is 12.0 Å². The van der Waals surface area contributed by atoms with E-state index < -0.39 is 10.1 Å². The van der Waals surface area contributed by atoms with E-state index in [-0.39, 0.29) is 17.3 Å². The van der Waals surface area contributed by atoms with Gasteiger partial charge >= 0.3 is 0 Å². The molecule has 0 fully saturated rings. The lowest BCUT2D eigenvalue weighted by atomic mass is 9.87. The van der Waals surface area contributed by atoms with Crippen LogP contribution in [0.3, 0.4) is 0 Å². The molecule has 2 atom stereocenters. The summed E-state index contributed by atoms with van der Waals surface area (Å²) >= 11 is 0. The zero-order chi connectivity index (χ0) is 15.3. The highest BCUT2D eigenvalue weighted by Gasteiger charge is 2.15. The maximum atomic E-state index is 10.6. The van der Waals surface area contributed by atoms with Gasteiger partial charge in [0.1, 0.15) is 0 Å². The largest absolute Gasteiger partial charge is 0.504 e. The number of benzene rings is 1. The van der Waals surface area contributed by atoms with Crippen LogP contribution in [-0.2, 0) is 16.5 Å². The summed E-state index contributed by atoms with van der Waals surface area (Å²) in [5, 5.41) is 18.7. The molecule has 0 radical (unpaired) electrons. The van der Waals surface area contributed by atoms with Crippen molar-refractivity contribution >= 4 is 10.1 Å². The van der Waals surface area contributed by atoms with E-state index in [9.17, 15) is 18.6 Å². The fraction of sp³-hybridized carbons (Fsp3) is 0.571. The van der Waals surface area contributed by atoms with Crippen LogP contribution in [0.4, 0.5) is 0 Å². The molecule has 114 valence electrons. The normalized spacial score (nSPS) is 14.9. The van der Waals surface area contributed by atoms with Gasteiger partial charge in [-0.1, -0.05) is 19.9 Å². The van der Waals surface area contributed by atoms with Crippen molar-refractivity contribution in [3.63, 3.8) is 0 Å². The van der Waals surface area contributed by atoms with E-state index >= 15 is 0 Å². The summed E-state index contributed by atoms with van der Waals surface area (Å²) in [6, 6.07) is 4.76. The quantitative estimate of drug-likeness (QED) is 0.531. The van der Waals surface area contributed by atoms with Gasteiger partial charge < -0.3 is 10.2 Å².